The SMILES string of the molecule is CCc1nc(COc2ccc(C(=O)NC3CCNCC3)cc2)no1. The van der Waals surface area contributed by atoms with Crippen molar-refractivity contribution in [1.82, 2.24) is 20.8 Å². The van der Waals surface area contributed by atoms with Gasteiger partial charge in [0.1, 0.15) is 5.75 Å². The zero-order valence-corrected chi connectivity index (χ0v) is 13.7. The molecule has 7 nitrogen and oxygen atoms in total. The summed E-state index contributed by atoms with van der Waals surface area (Å²) in [5.74, 6) is 1.73. The third kappa shape index (κ3) is 4.32. The lowest BCUT2D eigenvalue weighted by molar-refractivity contribution is 0.0929. The van der Waals surface area contributed by atoms with Crippen molar-refractivity contribution in [1.29, 1.82) is 0 Å². The summed E-state index contributed by atoms with van der Waals surface area (Å²) in [7, 11) is 0. The van der Waals surface area contributed by atoms with E-state index in [0.717, 1.165) is 25.9 Å². The molecular weight excluding hydrogens is 308 g/mol. The van der Waals surface area contributed by atoms with E-state index in [2.05, 4.69) is 20.8 Å². The number of rotatable bonds is 6. The predicted molar refractivity (Wildman–Crippen MR) is 87.8 cm³/mol. The summed E-state index contributed by atoms with van der Waals surface area (Å²) in [6, 6.07) is 7.33. The molecule has 2 heterocycles. The van der Waals surface area contributed by atoms with Crippen LogP contribution in [0.25, 0.3) is 0 Å². The number of ether oxygens (including phenoxy) is 1. The number of aryl methyl sites for hydroxylation is 1. The van der Waals surface area contributed by atoms with Gasteiger partial charge in [-0.25, -0.2) is 0 Å². The molecular formula is C17H22N4O3. The number of benzene rings is 1. The highest BCUT2D eigenvalue weighted by Gasteiger charge is 2.16. The third-order valence-corrected chi connectivity index (χ3v) is 3.97. The van der Waals surface area contributed by atoms with Crippen molar-refractivity contribution in [2.24, 2.45) is 0 Å². The van der Waals surface area contributed by atoms with Gasteiger partial charge in [0.15, 0.2) is 6.61 Å². The number of carbonyl (C=O) groups excluding carboxylic acids is 1. The van der Waals surface area contributed by atoms with Crippen LogP contribution in [-0.4, -0.2) is 35.2 Å². The molecule has 1 fully saturated rings. The van der Waals surface area contributed by atoms with E-state index in [1.165, 1.54) is 0 Å². The summed E-state index contributed by atoms with van der Waals surface area (Å²) in [5, 5.41) is 10.2. The Kier molecular flexibility index (Phi) is 5.43. The van der Waals surface area contributed by atoms with Crippen LogP contribution in [0.3, 0.4) is 0 Å². The number of hydrogen-bond donors (Lipinski definition) is 2. The van der Waals surface area contributed by atoms with Gasteiger partial charge < -0.3 is 19.9 Å². The van der Waals surface area contributed by atoms with Crippen LogP contribution in [0.1, 0.15) is 41.8 Å². The molecule has 0 spiro atoms. The minimum absolute atomic E-state index is 0.0424. The molecule has 0 bridgehead atoms. The van der Waals surface area contributed by atoms with Crippen molar-refractivity contribution in [3.8, 4) is 5.75 Å². The van der Waals surface area contributed by atoms with Gasteiger partial charge in [-0.3, -0.25) is 4.79 Å². The average molecular weight is 330 g/mol. The number of nitrogens with zero attached hydrogens (tertiary/aromatic N) is 2. The van der Waals surface area contributed by atoms with Crippen LogP contribution in [0, 0.1) is 0 Å². The summed E-state index contributed by atoms with van der Waals surface area (Å²) in [4.78, 5) is 16.4. The minimum Gasteiger partial charge on any atom is -0.485 e. The summed E-state index contributed by atoms with van der Waals surface area (Å²) in [6.07, 6.45) is 2.64. The van der Waals surface area contributed by atoms with E-state index in [4.69, 9.17) is 9.26 Å². The lowest BCUT2D eigenvalue weighted by Crippen LogP contribution is -2.42. The highest BCUT2D eigenvalue weighted by Crippen LogP contribution is 2.14. The van der Waals surface area contributed by atoms with Gasteiger partial charge in [-0.2, -0.15) is 4.98 Å². The van der Waals surface area contributed by atoms with Gasteiger partial charge in [-0.05, 0) is 50.2 Å². The molecule has 1 amide bonds. The first kappa shape index (κ1) is 16.4. The molecule has 128 valence electrons. The van der Waals surface area contributed by atoms with E-state index < -0.39 is 0 Å². The van der Waals surface area contributed by atoms with Gasteiger partial charge in [-0.15, -0.1) is 0 Å². The van der Waals surface area contributed by atoms with Crippen LogP contribution in [-0.2, 0) is 13.0 Å². The second-order valence-corrected chi connectivity index (χ2v) is 5.77. The maximum atomic E-state index is 12.2. The molecule has 3 rings (SSSR count). The topological polar surface area (TPSA) is 89.3 Å². The number of piperidine rings is 1. The highest BCUT2D eigenvalue weighted by atomic mass is 16.5. The van der Waals surface area contributed by atoms with Gasteiger partial charge in [-0.1, -0.05) is 12.1 Å². The second-order valence-electron chi connectivity index (χ2n) is 5.77. The van der Waals surface area contributed by atoms with Crippen molar-refractivity contribution in [2.75, 3.05) is 13.1 Å². The maximum Gasteiger partial charge on any atom is 0.251 e. The first-order valence-electron chi connectivity index (χ1n) is 8.30. The predicted octanol–water partition coefficient (Wildman–Crippen LogP) is 1.69. The fourth-order valence-electron chi connectivity index (χ4n) is 2.58. The lowest BCUT2D eigenvalue weighted by atomic mass is 10.1. The molecule has 1 aliphatic heterocycles. The number of nitrogens with one attached hydrogen (secondary N) is 2. The Hall–Kier alpha value is -2.41. The second kappa shape index (κ2) is 7.92. The molecule has 1 saturated heterocycles. The van der Waals surface area contributed by atoms with Crippen LogP contribution in [0.2, 0.25) is 0 Å². The molecule has 1 aromatic carbocycles. The fourth-order valence-corrected chi connectivity index (χ4v) is 2.58. The van der Waals surface area contributed by atoms with Gasteiger partial charge in [0, 0.05) is 18.0 Å². The Labute approximate surface area is 140 Å². The van der Waals surface area contributed by atoms with Crippen LogP contribution in [0.5, 0.6) is 5.75 Å². The van der Waals surface area contributed by atoms with Crippen molar-refractivity contribution >= 4 is 5.91 Å². The van der Waals surface area contributed by atoms with Crippen LogP contribution < -0.4 is 15.4 Å². The monoisotopic (exact) mass is 330 g/mol. The van der Waals surface area contributed by atoms with E-state index in [0.29, 0.717) is 29.4 Å². The Morgan fingerprint density at radius 3 is 2.75 bits per heavy atom. The van der Waals surface area contributed by atoms with Crippen molar-refractivity contribution in [2.45, 2.75) is 38.8 Å². The molecule has 0 radical (unpaired) electrons. The third-order valence-electron chi connectivity index (χ3n) is 3.97. The van der Waals surface area contributed by atoms with Crippen LogP contribution in [0.4, 0.5) is 0 Å². The van der Waals surface area contributed by atoms with E-state index in [1.807, 2.05) is 6.92 Å². The molecule has 0 unspecified atom stereocenters. The van der Waals surface area contributed by atoms with Gasteiger partial charge in [0.2, 0.25) is 11.7 Å². The van der Waals surface area contributed by atoms with Crippen LogP contribution >= 0.6 is 0 Å². The van der Waals surface area contributed by atoms with Crippen LogP contribution in [0.15, 0.2) is 28.8 Å². The molecule has 2 N–H and O–H groups in total. The normalized spacial score (nSPS) is 15.2. The Morgan fingerprint density at radius 2 is 2.08 bits per heavy atom. The molecule has 7 heteroatoms. The molecule has 0 saturated carbocycles. The number of carbonyl (C=O) groups is 1. The number of hydrogen-bond acceptors (Lipinski definition) is 6. The van der Waals surface area contributed by atoms with Gasteiger partial charge in [0.25, 0.3) is 5.91 Å². The molecule has 1 aliphatic rings. The molecule has 0 atom stereocenters. The highest BCUT2D eigenvalue weighted by molar-refractivity contribution is 5.94. The lowest BCUT2D eigenvalue weighted by Gasteiger charge is -2.23. The quantitative estimate of drug-likeness (QED) is 0.838. The van der Waals surface area contributed by atoms with Crippen molar-refractivity contribution in [3.63, 3.8) is 0 Å². The van der Waals surface area contributed by atoms with E-state index in [9.17, 15) is 4.79 Å². The molecule has 2 aromatic rings. The van der Waals surface area contributed by atoms with Crippen molar-refractivity contribution < 1.29 is 14.1 Å². The molecule has 24 heavy (non-hydrogen) atoms. The minimum atomic E-state index is -0.0424. The first-order chi connectivity index (χ1) is 11.7. The Bertz CT molecular complexity index is 663. The fraction of sp³-hybridized carbons (Fsp3) is 0.471. The number of amides is 1. The Morgan fingerprint density at radius 1 is 1.33 bits per heavy atom. The largest absolute Gasteiger partial charge is 0.485 e. The smallest absolute Gasteiger partial charge is 0.251 e. The zero-order valence-electron chi connectivity index (χ0n) is 13.7. The van der Waals surface area contributed by atoms with Gasteiger partial charge >= 0.3 is 0 Å². The zero-order chi connectivity index (χ0) is 16.8. The summed E-state index contributed by atoms with van der Waals surface area (Å²) in [6.45, 7) is 4.09. The number of aromatic nitrogens is 2. The summed E-state index contributed by atoms with van der Waals surface area (Å²) in [5.41, 5.74) is 0.633. The first-order valence-corrected chi connectivity index (χ1v) is 8.30. The molecule has 1 aromatic heterocycles. The van der Waals surface area contributed by atoms with Gasteiger partial charge in [0.05, 0.1) is 0 Å². The van der Waals surface area contributed by atoms with E-state index >= 15 is 0 Å². The van der Waals surface area contributed by atoms with E-state index in [-0.39, 0.29) is 18.6 Å². The average Bonchev–Trinajstić information content (AvgIpc) is 3.09. The summed E-state index contributed by atoms with van der Waals surface area (Å²) < 4.78 is 10.6. The maximum absolute atomic E-state index is 12.2. The van der Waals surface area contributed by atoms with E-state index in [1.54, 1.807) is 24.3 Å². The molecule has 0 aliphatic carbocycles. The Balaban J connectivity index is 1.51. The van der Waals surface area contributed by atoms with Crippen molar-refractivity contribution in [3.05, 3.63) is 41.5 Å². The summed E-state index contributed by atoms with van der Waals surface area (Å²) >= 11 is 0. The standard InChI is InChI=1S/C17H22N4O3/c1-2-16-20-15(21-24-16)11-23-14-5-3-12(4-6-14)17(22)19-13-7-9-18-10-8-13/h3-6,13,18H,2,7-11H2,1H3,(H,19,22).